The SMILES string of the molecule is COc1cc(N2CCN(CC(C)(C)CO)CC2)ccc1Nc1ncnc(Nc2ccccc2S(C)(=O)=O)n1. The fraction of sp³-hybridized carbons (Fsp3) is 0.423. The van der Waals surface area contributed by atoms with Gasteiger partial charge in [0.15, 0.2) is 9.84 Å². The van der Waals surface area contributed by atoms with E-state index >= 15 is 0 Å². The molecule has 0 amide bonds. The number of aliphatic hydroxyl groups excluding tert-OH is 1. The molecule has 1 saturated heterocycles. The monoisotopic (exact) mass is 541 g/mol. The Morgan fingerprint density at radius 2 is 1.66 bits per heavy atom. The van der Waals surface area contributed by atoms with E-state index in [0.717, 1.165) is 44.7 Å². The third-order valence-corrected chi connectivity index (χ3v) is 7.51. The molecule has 4 rings (SSSR count). The largest absolute Gasteiger partial charge is 0.494 e. The van der Waals surface area contributed by atoms with Crippen molar-refractivity contribution in [2.24, 2.45) is 5.41 Å². The molecule has 1 fully saturated rings. The lowest BCUT2D eigenvalue weighted by Crippen LogP contribution is -2.49. The second kappa shape index (κ2) is 11.5. The zero-order valence-corrected chi connectivity index (χ0v) is 23.0. The Hall–Kier alpha value is -3.48. The van der Waals surface area contributed by atoms with Crippen molar-refractivity contribution in [3.63, 3.8) is 0 Å². The van der Waals surface area contributed by atoms with E-state index in [1.165, 1.54) is 12.4 Å². The molecule has 0 atom stereocenters. The first kappa shape index (κ1) is 27.6. The number of ether oxygens (including phenoxy) is 1. The molecule has 0 unspecified atom stereocenters. The van der Waals surface area contributed by atoms with E-state index in [0.29, 0.717) is 17.1 Å². The molecule has 0 spiro atoms. The Bertz CT molecular complexity index is 1360. The number of aromatic nitrogens is 3. The first-order valence-electron chi connectivity index (χ1n) is 12.4. The van der Waals surface area contributed by atoms with E-state index in [4.69, 9.17) is 4.74 Å². The lowest BCUT2D eigenvalue weighted by molar-refractivity contribution is 0.0996. The van der Waals surface area contributed by atoms with Crippen LogP contribution in [0, 0.1) is 5.41 Å². The number of hydrogen-bond acceptors (Lipinski definition) is 11. The van der Waals surface area contributed by atoms with Crippen molar-refractivity contribution in [2.45, 2.75) is 18.7 Å². The number of sulfone groups is 1. The quantitative estimate of drug-likeness (QED) is 0.350. The number of nitrogens with one attached hydrogen (secondary N) is 2. The van der Waals surface area contributed by atoms with Crippen LogP contribution in [0.4, 0.5) is 29.0 Å². The number of nitrogens with zero attached hydrogens (tertiary/aromatic N) is 5. The van der Waals surface area contributed by atoms with Gasteiger partial charge in [-0.05, 0) is 24.3 Å². The number of rotatable bonds is 10. The molecule has 0 radical (unpaired) electrons. The minimum absolute atomic E-state index is 0.111. The van der Waals surface area contributed by atoms with Crippen molar-refractivity contribution in [3.05, 3.63) is 48.8 Å². The maximum absolute atomic E-state index is 12.1. The summed E-state index contributed by atoms with van der Waals surface area (Å²) in [6.45, 7) is 8.82. The molecule has 12 heteroatoms. The van der Waals surface area contributed by atoms with E-state index in [9.17, 15) is 13.5 Å². The van der Waals surface area contributed by atoms with Gasteiger partial charge in [0.1, 0.15) is 12.1 Å². The summed E-state index contributed by atoms with van der Waals surface area (Å²) in [6.07, 6.45) is 2.50. The zero-order valence-electron chi connectivity index (χ0n) is 22.2. The van der Waals surface area contributed by atoms with Gasteiger partial charge in [-0.2, -0.15) is 4.98 Å². The normalized spacial score (nSPS) is 14.8. The van der Waals surface area contributed by atoms with Gasteiger partial charge in [-0.15, -0.1) is 0 Å². The number of anilines is 5. The molecular weight excluding hydrogens is 506 g/mol. The molecule has 0 bridgehead atoms. The summed E-state index contributed by atoms with van der Waals surface area (Å²) in [5.41, 5.74) is 2.02. The summed E-state index contributed by atoms with van der Waals surface area (Å²) in [4.78, 5) is 17.6. The second-order valence-electron chi connectivity index (χ2n) is 10.1. The predicted octanol–water partition coefficient (Wildman–Crippen LogP) is 2.91. The van der Waals surface area contributed by atoms with Crippen molar-refractivity contribution >= 4 is 38.8 Å². The van der Waals surface area contributed by atoms with Crippen LogP contribution >= 0.6 is 0 Å². The summed E-state index contributed by atoms with van der Waals surface area (Å²) in [7, 11) is -1.82. The van der Waals surface area contributed by atoms with Crippen LogP contribution in [0.25, 0.3) is 0 Å². The average molecular weight is 542 g/mol. The van der Waals surface area contributed by atoms with E-state index in [1.54, 1.807) is 25.3 Å². The third kappa shape index (κ3) is 6.88. The highest BCUT2D eigenvalue weighted by Gasteiger charge is 2.25. The molecule has 2 heterocycles. The van der Waals surface area contributed by atoms with Crippen molar-refractivity contribution in [1.29, 1.82) is 0 Å². The average Bonchev–Trinajstić information content (AvgIpc) is 2.89. The summed E-state index contributed by atoms with van der Waals surface area (Å²) in [5, 5.41) is 15.7. The van der Waals surface area contributed by atoms with Crippen LogP contribution in [0.5, 0.6) is 5.75 Å². The Morgan fingerprint density at radius 1 is 1.00 bits per heavy atom. The fourth-order valence-electron chi connectivity index (χ4n) is 4.35. The minimum Gasteiger partial charge on any atom is -0.494 e. The Kier molecular flexibility index (Phi) is 8.34. The van der Waals surface area contributed by atoms with E-state index in [2.05, 4.69) is 49.2 Å². The summed E-state index contributed by atoms with van der Waals surface area (Å²) >= 11 is 0. The number of piperazine rings is 1. The molecule has 1 aromatic heterocycles. The number of aliphatic hydroxyl groups is 1. The molecule has 1 aliphatic heterocycles. The van der Waals surface area contributed by atoms with E-state index < -0.39 is 9.84 Å². The van der Waals surface area contributed by atoms with Crippen LogP contribution in [-0.2, 0) is 9.84 Å². The van der Waals surface area contributed by atoms with E-state index in [1.807, 2.05) is 18.2 Å². The molecule has 1 aliphatic rings. The summed E-state index contributed by atoms with van der Waals surface area (Å²) in [5.74, 6) is 1.13. The van der Waals surface area contributed by atoms with Crippen molar-refractivity contribution < 1.29 is 18.3 Å². The highest BCUT2D eigenvalue weighted by Crippen LogP contribution is 2.32. The van der Waals surface area contributed by atoms with Crippen LogP contribution in [-0.4, -0.2) is 86.1 Å². The molecular formula is C26H35N7O4S. The molecule has 0 aliphatic carbocycles. The van der Waals surface area contributed by atoms with Gasteiger partial charge in [0, 0.05) is 62.8 Å². The topological polar surface area (TPSA) is 133 Å². The van der Waals surface area contributed by atoms with Gasteiger partial charge in [-0.3, -0.25) is 4.90 Å². The molecule has 3 N–H and O–H groups in total. The molecule has 3 aromatic rings. The lowest BCUT2D eigenvalue weighted by atomic mass is 9.94. The van der Waals surface area contributed by atoms with Crippen LogP contribution in [0.1, 0.15) is 13.8 Å². The molecule has 0 saturated carbocycles. The third-order valence-electron chi connectivity index (χ3n) is 6.35. The van der Waals surface area contributed by atoms with Gasteiger partial charge in [0.2, 0.25) is 11.9 Å². The predicted molar refractivity (Wildman–Crippen MR) is 148 cm³/mol. The highest BCUT2D eigenvalue weighted by molar-refractivity contribution is 7.90. The highest BCUT2D eigenvalue weighted by atomic mass is 32.2. The van der Waals surface area contributed by atoms with Gasteiger partial charge in [-0.1, -0.05) is 26.0 Å². The van der Waals surface area contributed by atoms with Crippen LogP contribution in [0.3, 0.4) is 0 Å². The van der Waals surface area contributed by atoms with Crippen LogP contribution in [0.15, 0.2) is 53.7 Å². The van der Waals surface area contributed by atoms with Gasteiger partial charge in [0.25, 0.3) is 0 Å². The molecule has 204 valence electrons. The summed E-state index contributed by atoms with van der Waals surface area (Å²) < 4.78 is 29.9. The number of methoxy groups -OCH3 is 1. The van der Waals surface area contributed by atoms with Gasteiger partial charge in [0.05, 0.1) is 23.4 Å². The second-order valence-corrected chi connectivity index (χ2v) is 12.1. The number of para-hydroxylation sites is 1. The maximum atomic E-state index is 12.1. The van der Waals surface area contributed by atoms with E-state index in [-0.39, 0.29) is 28.8 Å². The van der Waals surface area contributed by atoms with Gasteiger partial charge < -0.3 is 25.4 Å². The number of hydrogen-bond donors (Lipinski definition) is 3. The minimum atomic E-state index is -3.43. The standard InChI is InChI=1S/C26H35N7O4S/c1-26(2,17-34)16-32-11-13-33(14-12-32)19-9-10-20(22(15-19)37-3)29-24-27-18-28-25(31-24)30-21-7-5-6-8-23(21)38(4,35)36/h5-10,15,18,34H,11-14,16-17H2,1-4H3,(H2,27,28,29,30,31). The maximum Gasteiger partial charge on any atom is 0.232 e. The van der Waals surface area contributed by atoms with Gasteiger partial charge >= 0.3 is 0 Å². The molecule has 38 heavy (non-hydrogen) atoms. The summed E-state index contributed by atoms with van der Waals surface area (Å²) in [6, 6.07) is 12.5. The van der Waals surface area contributed by atoms with Gasteiger partial charge in [-0.25, -0.2) is 18.4 Å². The van der Waals surface area contributed by atoms with Crippen molar-refractivity contribution in [2.75, 3.05) is 68.2 Å². The molecule has 11 nitrogen and oxygen atoms in total. The Balaban J connectivity index is 1.45. The zero-order chi connectivity index (χ0) is 27.3. The smallest absolute Gasteiger partial charge is 0.232 e. The number of benzene rings is 2. The fourth-order valence-corrected chi connectivity index (χ4v) is 5.19. The van der Waals surface area contributed by atoms with Crippen LogP contribution in [0.2, 0.25) is 0 Å². The first-order chi connectivity index (χ1) is 18.1. The van der Waals surface area contributed by atoms with Crippen molar-refractivity contribution in [1.82, 2.24) is 19.9 Å². The van der Waals surface area contributed by atoms with Crippen molar-refractivity contribution in [3.8, 4) is 5.75 Å². The van der Waals surface area contributed by atoms with Crippen LogP contribution < -0.4 is 20.3 Å². The lowest BCUT2D eigenvalue weighted by Gasteiger charge is -2.39. The molecule has 2 aromatic carbocycles. The Morgan fingerprint density at radius 3 is 2.29 bits per heavy atom. The first-order valence-corrected chi connectivity index (χ1v) is 14.3. The Labute approximate surface area is 223 Å².